The Labute approximate surface area is 109 Å². The zero-order chi connectivity index (χ0) is 12.5. The van der Waals surface area contributed by atoms with E-state index in [1.54, 1.807) is 7.11 Å². The molecule has 18 heavy (non-hydrogen) atoms. The van der Waals surface area contributed by atoms with Gasteiger partial charge < -0.3 is 9.72 Å². The van der Waals surface area contributed by atoms with Gasteiger partial charge in [-0.25, -0.2) is 4.98 Å². The first-order chi connectivity index (χ1) is 8.78. The number of ether oxygens (including phenoxy) is 1. The highest BCUT2D eigenvalue weighted by Gasteiger charge is 2.07. The summed E-state index contributed by atoms with van der Waals surface area (Å²) < 4.78 is 5.21. The Balaban J connectivity index is 2.13. The van der Waals surface area contributed by atoms with Gasteiger partial charge in [-0.05, 0) is 30.3 Å². The molecular formula is C14H11ClN2O. The van der Waals surface area contributed by atoms with Gasteiger partial charge >= 0.3 is 0 Å². The second kappa shape index (κ2) is 4.35. The molecule has 0 atom stereocenters. The van der Waals surface area contributed by atoms with Gasteiger partial charge in [-0.3, -0.25) is 0 Å². The Bertz CT molecular complexity index is 673. The van der Waals surface area contributed by atoms with Crippen molar-refractivity contribution in [3.05, 3.63) is 47.5 Å². The first-order valence-corrected chi connectivity index (χ1v) is 5.94. The van der Waals surface area contributed by atoms with Gasteiger partial charge in [-0.15, -0.1) is 0 Å². The molecule has 0 saturated carbocycles. The molecule has 4 heteroatoms. The lowest BCUT2D eigenvalue weighted by molar-refractivity contribution is 0.415. The number of halogens is 1. The third-order valence-electron chi connectivity index (χ3n) is 2.81. The summed E-state index contributed by atoms with van der Waals surface area (Å²) in [5.74, 6) is 1.46. The molecule has 0 spiro atoms. The predicted molar refractivity (Wildman–Crippen MR) is 73.1 cm³/mol. The van der Waals surface area contributed by atoms with Gasteiger partial charge in [0, 0.05) is 5.56 Å². The smallest absolute Gasteiger partial charge is 0.138 e. The molecule has 0 unspecified atom stereocenters. The quantitative estimate of drug-likeness (QED) is 0.757. The molecule has 90 valence electrons. The number of methoxy groups -OCH3 is 1. The number of para-hydroxylation sites is 2. The molecule has 2 aromatic carbocycles. The van der Waals surface area contributed by atoms with Gasteiger partial charge in [0.25, 0.3) is 0 Å². The van der Waals surface area contributed by atoms with E-state index >= 15 is 0 Å². The zero-order valence-electron chi connectivity index (χ0n) is 9.77. The number of rotatable bonds is 2. The van der Waals surface area contributed by atoms with Crippen LogP contribution in [0.5, 0.6) is 5.75 Å². The van der Waals surface area contributed by atoms with Crippen LogP contribution >= 0.6 is 11.6 Å². The Kier molecular flexibility index (Phi) is 2.68. The minimum Gasteiger partial charge on any atom is -0.495 e. The standard InChI is InChI=1S/C14H11ClN2O/c1-18-13-8-9(6-7-10(13)15)14-16-11-4-2-3-5-12(11)17-14/h2-8H,1H3,(H,16,17). The first kappa shape index (κ1) is 11.1. The zero-order valence-corrected chi connectivity index (χ0v) is 10.5. The number of hydrogen-bond donors (Lipinski definition) is 1. The minimum absolute atomic E-state index is 0.595. The van der Waals surface area contributed by atoms with Crippen molar-refractivity contribution >= 4 is 22.6 Å². The van der Waals surface area contributed by atoms with E-state index in [0.29, 0.717) is 10.8 Å². The molecule has 1 heterocycles. The van der Waals surface area contributed by atoms with Crippen LogP contribution in [0.15, 0.2) is 42.5 Å². The fraction of sp³-hybridized carbons (Fsp3) is 0.0714. The number of benzene rings is 2. The molecule has 1 N–H and O–H groups in total. The Hall–Kier alpha value is -2.00. The summed E-state index contributed by atoms with van der Waals surface area (Å²) in [6, 6.07) is 13.5. The van der Waals surface area contributed by atoms with Crippen LogP contribution in [-0.2, 0) is 0 Å². The Morgan fingerprint density at radius 3 is 2.78 bits per heavy atom. The minimum atomic E-state index is 0.595. The number of aromatic amines is 1. The molecule has 1 aromatic heterocycles. The van der Waals surface area contributed by atoms with Crippen molar-refractivity contribution in [3.8, 4) is 17.1 Å². The number of H-pyrrole nitrogens is 1. The number of nitrogens with zero attached hydrogens (tertiary/aromatic N) is 1. The molecule has 0 aliphatic carbocycles. The summed E-state index contributed by atoms with van der Waals surface area (Å²) in [6.45, 7) is 0. The van der Waals surface area contributed by atoms with Gasteiger partial charge in [-0.2, -0.15) is 0 Å². The van der Waals surface area contributed by atoms with Crippen molar-refractivity contribution in [3.63, 3.8) is 0 Å². The third-order valence-corrected chi connectivity index (χ3v) is 3.13. The van der Waals surface area contributed by atoms with E-state index in [-0.39, 0.29) is 0 Å². The van der Waals surface area contributed by atoms with Crippen LogP contribution in [-0.4, -0.2) is 17.1 Å². The van der Waals surface area contributed by atoms with E-state index in [1.807, 2.05) is 42.5 Å². The van der Waals surface area contributed by atoms with Crippen molar-refractivity contribution in [2.45, 2.75) is 0 Å². The van der Waals surface area contributed by atoms with Crippen molar-refractivity contribution < 1.29 is 4.74 Å². The maximum absolute atomic E-state index is 6.01. The molecule has 3 rings (SSSR count). The van der Waals surface area contributed by atoms with Crippen molar-refractivity contribution in [2.24, 2.45) is 0 Å². The van der Waals surface area contributed by atoms with Crippen molar-refractivity contribution in [1.82, 2.24) is 9.97 Å². The summed E-state index contributed by atoms with van der Waals surface area (Å²) >= 11 is 6.01. The highest BCUT2D eigenvalue weighted by atomic mass is 35.5. The van der Waals surface area contributed by atoms with E-state index in [0.717, 1.165) is 22.4 Å². The molecule has 0 bridgehead atoms. The highest BCUT2D eigenvalue weighted by Crippen LogP contribution is 2.29. The van der Waals surface area contributed by atoms with Gasteiger partial charge in [0.1, 0.15) is 11.6 Å². The molecule has 0 radical (unpaired) electrons. The van der Waals surface area contributed by atoms with E-state index in [9.17, 15) is 0 Å². The van der Waals surface area contributed by atoms with Crippen LogP contribution in [0.25, 0.3) is 22.4 Å². The van der Waals surface area contributed by atoms with Crippen LogP contribution in [0.4, 0.5) is 0 Å². The number of fused-ring (bicyclic) bond motifs is 1. The van der Waals surface area contributed by atoms with E-state index in [1.165, 1.54) is 0 Å². The normalized spacial score (nSPS) is 10.8. The number of nitrogens with one attached hydrogen (secondary N) is 1. The van der Waals surface area contributed by atoms with Crippen molar-refractivity contribution in [1.29, 1.82) is 0 Å². The lowest BCUT2D eigenvalue weighted by Crippen LogP contribution is -1.86. The SMILES string of the molecule is COc1cc(-c2nc3ccccc3[nH]2)ccc1Cl. The maximum atomic E-state index is 6.01. The fourth-order valence-corrected chi connectivity index (χ4v) is 2.09. The lowest BCUT2D eigenvalue weighted by atomic mass is 10.2. The summed E-state index contributed by atoms with van der Waals surface area (Å²) in [7, 11) is 1.60. The summed E-state index contributed by atoms with van der Waals surface area (Å²) in [5, 5.41) is 0.595. The predicted octanol–water partition coefficient (Wildman–Crippen LogP) is 3.89. The largest absolute Gasteiger partial charge is 0.495 e. The van der Waals surface area contributed by atoms with Crippen LogP contribution in [0.3, 0.4) is 0 Å². The van der Waals surface area contributed by atoms with Crippen molar-refractivity contribution in [2.75, 3.05) is 7.11 Å². The van der Waals surface area contributed by atoms with Crippen LogP contribution in [0, 0.1) is 0 Å². The number of aromatic nitrogens is 2. The van der Waals surface area contributed by atoms with Crippen LogP contribution in [0.1, 0.15) is 0 Å². The average molecular weight is 259 g/mol. The van der Waals surface area contributed by atoms with Gasteiger partial charge in [0.05, 0.1) is 23.2 Å². The van der Waals surface area contributed by atoms with Gasteiger partial charge in [0.2, 0.25) is 0 Å². The van der Waals surface area contributed by atoms with Gasteiger partial charge in [-0.1, -0.05) is 23.7 Å². The number of hydrogen-bond acceptors (Lipinski definition) is 2. The van der Waals surface area contributed by atoms with Gasteiger partial charge in [0.15, 0.2) is 0 Å². The molecule has 0 fully saturated rings. The number of imidazole rings is 1. The summed E-state index contributed by atoms with van der Waals surface area (Å²) in [4.78, 5) is 7.81. The third kappa shape index (κ3) is 1.83. The molecule has 0 aliphatic heterocycles. The van der Waals surface area contributed by atoms with E-state index in [2.05, 4.69) is 9.97 Å². The second-order valence-electron chi connectivity index (χ2n) is 3.95. The van der Waals surface area contributed by atoms with Crippen LogP contribution in [0.2, 0.25) is 5.02 Å². The molecule has 0 aliphatic rings. The fourth-order valence-electron chi connectivity index (χ4n) is 1.90. The Morgan fingerprint density at radius 2 is 2.00 bits per heavy atom. The van der Waals surface area contributed by atoms with E-state index < -0.39 is 0 Å². The topological polar surface area (TPSA) is 37.9 Å². The second-order valence-corrected chi connectivity index (χ2v) is 4.36. The lowest BCUT2D eigenvalue weighted by Gasteiger charge is -2.04. The molecule has 3 nitrogen and oxygen atoms in total. The molecule has 3 aromatic rings. The maximum Gasteiger partial charge on any atom is 0.138 e. The molecular weight excluding hydrogens is 248 g/mol. The highest BCUT2D eigenvalue weighted by molar-refractivity contribution is 6.32. The molecule has 0 amide bonds. The first-order valence-electron chi connectivity index (χ1n) is 5.56. The molecule has 0 saturated heterocycles. The van der Waals surface area contributed by atoms with Crippen LogP contribution < -0.4 is 4.74 Å². The average Bonchev–Trinajstić information content (AvgIpc) is 2.83. The van der Waals surface area contributed by atoms with E-state index in [4.69, 9.17) is 16.3 Å². The summed E-state index contributed by atoms with van der Waals surface area (Å²) in [5.41, 5.74) is 2.91. The summed E-state index contributed by atoms with van der Waals surface area (Å²) in [6.07, 6.45) is 0. The monoisotopic (exact) mass is 258 g/mol. The Morgan fingerprint density at radius 1 is 1.17 bits per heavy atom.